The van der Waals surface area contributed by atoms with Gasteiger partial charge in [-0.05, 0) is 153 Å². The first kappa shape index (κ1) is 64.9. The molecule has 0 saturated carbocycles. The highest BCUT2D eigenvalue weighted by Gasteiger charge is 2.26. The first-order valence-electron chi connectivity index (χ1n) is 56.6. The van der Waals surface area contributed by atoms with Crippen LogP contribution in [-0.2, 0) is 0 Å². The number of nitrogens with zero attached hydrogens (tertiary/aromatic N) is 9. The fraction of sp³-hybridized carbons (Fsp3) is 0. The quantitative estimate of drug-likeness (QED) is 0.103. The lowest BCUT2D eigenvalue weighted by Crippen LogP contribution is -2.00. The van der Waals surface area contributed by atoms with Crippen molar-refractivity contribution in [3.63, 3.8) is 0 Å². The molecular formula is C131H81N9O2S. The van der Waals surface area contributed by atoms with E-state index in [9.17, 15) is 9.60 Å². The van der Waals surface area contributed by atoms with Crippen molar-refractivity contribution in [3.05, 3.63) is 491 Å². The van der Waals surface area contributed by atoms with E-state index in [1.807, 2.05) is 334 Å². The van der Waals surface area contributed by atoms with Gasteiger partial charge in [-0.2, -0.15) is 0 Å². The Kier molecular flexibility index (Phi) is 16.6. The minimum Gasteiger partial charge on any atom is -0.455 e. The third-order valence-electron chi connectivity index (χ3n) is 25.5. The molecule has 6 aromatic heterocycles. The summed E-state index contributed by atoms with van der Waals surface area (Å²) in [5, 5.41) is 8.21. The molecule has 143 heavy (non-hydrogen) atoms. The molecule has 11 nitrogen and oxygen atoms in total. The Balaban J connectivity index is 0.000000121. The summed E-state index contributed by atoms with van der Waals surface area (Å²) >= 11 is 0.998. The van der Waals surface area contributed by atoms with Crippen LogP contribution < -0.4 is 0 Å². The molecule has 668 valence electrons. The second kappa shape index (κ2) is 36.5. The molecule has 0 atom stereocenters. The summed E-state index contributed by atoms with van der Waals surface area (Å²) in [5.41, 5.74) is 13.4. The third-order valence-corrected chi connectivity index (χ3v) is 26.6. The predicted molar refractivity (Wildman–Crippen MR) is 591 cm³/mol. The number of rotatable bonds is 14. The van der Waals surface area contributed by atoms with Crippen LogP contribution in [0.3, 0.4) is 0 Å². The maximum absolute atomic E-state index is 9.69. The number of fused-ring (bicyclic) bond motifs is 16. The van der Waals surface area contributed by atoms with Gasteiger partial charge in [0.1, 0.15) is 22.3 Å². The first-order valence-corrected chi connectivity index (χ1v) is 46.9. The van der Waals surface area contributed by atoms with Crippen LogP contribution in [0.1, 0.15) is 28.8 Å². The topological polar surface area (TPSA) is 142 Å². The lowest BCUT2D eigenvalue weighted by atomic mass is 9.91. The molecule has 22 aromatic carbocycles. The third kappa shape index (κ3) is 16.0. The standard InChI is InChI=1S/C47H29N3O.C43H27N3O.C41H25N3S/c1-3-12-30(13-4-1)31-22-24-34(25-23-31)46-48-45(33-14-5-2-6-15-33)49-47(50-46)41-29-28-37(35-17-7-8-18-36(35)41)39-20-11-16-32-26-27-40-38-19-9-10-21-42(38)51-44(40)43(32)39;1-3-11-28(12-4-1)30-19-22-32(23-20-30)42-44-41(31-14-5-2-6-15-31)45-43(46-42)37-26-25-35(34-24-21-29-13-7-8-16-33(29)27-34)40-39(37)36-17-9-10-18-38(36)47-40;1-2-11-29(12-3-1)39-42-40(30-20-17-27(18-21-30)32-22-19-26-9-4-5-13-31(26)25-32)44-41(43-39)35-15-8-16-36-37(35)34-24-23-28-10-6-7-14-33(28)38(34)45-36/h1-29H;1-27H;1-25H/i7D,8D,17D,18D,28D,29D;9D,10D,17D,18D,25D,26D;6D,7D,8D,10D,14D,15D,16D,23D,24D. The summed E-state index contributed by atoms with van der Waals surface area (Å²) in [4.78, 5) is 43.8. The van der Waals surface area contributed by atoms with Crippen molar-refractivity contribution in [2.45, 2.75) is 0 Å². The summed E-state index contributed by atoms with van der Waals surface area (Å²) in [6.45, 7) is 0. The normalized spacial score (nSPS) is 13.6. The fourth-order valence-corrected chi connectivity index (χ4v) is 19.6. The van der Waals surface area contributed by atoms with E-state index < -0.39 is 54.4 Å². The Morgan fingerprint density at radius 2 is 0.559 bits per heavy atom. The van der Waals surface area contributed by atoms with Crippen LogP contribution in [0.4, 0.5) is 0 Å². The Morgan fingerprint density at radius 3 is 1.13 bits per heavy atom. The van der Waals surface area contributed by atoms with E-state index in [1.54, 1.807) is 0 Å². The fourth-order valence-electron chi connectivity index (χ4n) is 18.5. The second-order valence-corrected chi connectivity index (χ2v) is 35.1. The van der Waals surface area contributed by atoms with E-state index in [-0.39, 0.29) is 176 Å². The molecule has 6 heterocycles. The van der Waals surface area contributed by atoms with Crippen LogP contribution in [0.15, 0.2) is 500 Å². The molecule has 28 aromatic rings. The Labute approximate surface area is 856 Å². The predicted octanol–water partition coefficient (Wildman–Crippen LogP) is 34.9. The van der Waals surface area contributed by atoms with Crippen molar-refractivity contribution in [1.29, 1.82) is 0 Å². The zero-order chi connectivity index (χ0) is 113. The molecule has 0 spiro atoms. The lowest BCUT2D eigenvalue weighted by Gasteiger charge is -2.14. The molecule has 0 amide bonds. The van der Waals surface area contributed by atoms with Gasteiger partial charge in [-0.1, -0.05) is 436 Å². The molecule has 28 rings (SSSR count). The SMILES string of the molecule is [2H]c1c([2H])c(-c2nc(-c3ccccc3)nc(-c3ccc(-c4ccc5ccccc5c4)cc3)n2)c2c(sc3c4c([2H])c([2H])c([2H])c([2H])c4c([2H])c([2H])c32)c1[2H].[2H]c1c([2H])c([2H])c2c(-c3cccc4ccc5c6ccccc6oc5c34)c([2H])c([2H])c(-c3nc(-c4ccccc4)nc(-c4ccc(-c5ccccc5)cc4)n3)c2c1[2H].[2H]c1c([2H])c([2H])c2c(oc3c(-c4ccc5ccccc5c4)c([2H])c([2H])c(-c4nc(-c5ccccc5)nc(-c5ccc(-c6ccccc6)cc5)n4)c32)c1[2H]. The van der Waals surface area contributed by atoms with Crippen LogP contribution in [0, 0.1) is 0 Å². The van der Waals surface area contributed by atoms with Gasteiger partial charge in [-0.25, -0.2) is 44.9 Å². The number of furan rings is 2. The van der Waals surface area contributed by atoms with Gasteiger partial charge in [0, 0.05) is 103 Å². The number of aromatic nitrogens is 9. The molecule has 0 radical (unpaired) electrons. The molecule has 0 bridgehead atoms. The summed E-state index contributed by atoms with van der Waals surface area (Å²) in [6, 6.07) is 109. The molecule has 0 aliphatic rings. The molecule has 12 heteroatoms. The average molecular weight is 1870 g/mol. The monoisotopic (exact) mass is 1860 g/mol. The van der Waals surface area contributed by atoms with Gasteiger partial charge in [0.25, 0.3) is 0 Å². The van der Waals surface area contributed by atoms with Gasteiger partial charge in [-0.15, -0.1) is 11.3 Å². The van der Waals surface area contributed by atoms with Gasteiger partial charge in [0.05, 0.1) is 28.8 Å². The van der Waals surface area contributed by atoms with E-state index in [1.165, 1.54) is 0 Å². The van der Waals surface area contributed by atoms with Crippen LogP contribution in [0.5, 0.6) is 0 Å². The van der Waals surface area contributed by atoms with Crippen LogP contribution in [0.2, 0.25) is 0 Å². The maximum atomic E-state index is 9.69. The highest BCUT2D eigenvalue weighted by Crippen LogP contribution is 2.48. The Hall–Kier alpha value is -19.0. The highest BCUT2D eigenvalue weighted by atomic mass is 32.1. The van der Waals surface area contributed by atoms with Gasteiger partial charge >= 0.3 is 0 Å². The molecule has 0 aliphatic heterocycles. The first-order chi connectivity index (χ1) is 79.6. The molecule has 0 fully saturated rings. The van der Waals surface area contributed by atoms with E-state index in [2.05, 4.69) is 30.3 Å². The smallest absolute Gasteiger partial charge is 0.164 e. The Morgan fingerprint density at radius 1 is 0.175 bits per heavy atom. The van der Waals surface area contributed by atoms with Crippen molar-refractivity contribution in [2.75, 3.05) is 0 Å². The van der Waals surface area contributed by atoms with Crippen LogP contribution in [-0.4, -0.2) is 44.9 Å². The Bertz CT molecular complexity index is 11200. The van der Waals surface area contributed by atoms with Crippen molar-refractivity contribution < 1.29 is 37.6 Å². The molecule has 0 saturated heterocycles. The van der Waals surface area contributed by atoms with E-state index >= 15 is 0 Å². The van der Waals surface area contributed by atoms with Crippen molar-refractivity contribution >= 4 is 129 Å². The zero-order valence-corrected chi connectivity index (χ0v) is 76.2. The zero-order valence-electron chi connectivity index (χ0n) is 96.4. The lowest BCUT2D eigenvalue weighted by molar-refractivity contribution is 0.670. The largest absolute Gasteiger partial charge is 0.455 e. The van der Waals surface area contributed by atoms with Gasteiger partial charge in [0.2, 0.25) is 0 Å². The van der Waals surface area contributed by atoms with Crippen molar-refractivity contribution in [3.8, 4) is 158 Å². The molecule has 0 N–H and O–H groups in total. The van der Waals surface area contributed by atoms with Crippen LogP contribution in [0.25, 0.3) is 276 Å². The number of thiophene rings is 1. The van der Waals surface area contributed by atoms with E-state index in [4.69, 9.17) is 72.9 Å². The molecule has 0 unspecified atom stereocenters. The second-order valence-electron chi connectivity index (χ2n) is 34.1. The number of hydrogen-bond donors (Lipinski definition) is 0. The minimum absolute atomic E-state index is 0.0154. The van der Waals surface area contributed by atoms with Crippen LogP contribution >= 0.6 is 11.3 Å². The number of benzene rings is 22. The maximum Gasteiger partial charge on any atom is 0.164 e. The van der Waals surface area contributed by atoms with Crippen molar-refractivity contribution in [1.82, 2.24) is 44.9 Å². The van der Waals surface area contributed by atoms with E-state index in [0.29, 0.717) is 102 Å². The van der Waals surface area contributed by atoms with Crippen molar-refractivity contribution in [2.24, 2.45) is 0 Å². The van der Waals surface area contributed by atoms with E-state index in [0.717, 1.165) is 82.4 Å². The summed E-state index contributed by atoms with van der Waals surface area (Å²) < 4.78 is 202. The van der Waals surface area contributed by atoms with Gasteiger partial charge in [-0.3, -0.25) is 0 Å². The highest BCUT2D eigenvalue weighted by molar-refractivity contribution is 7.26. The molecular weight excluding hydrogens is 1760 g/mol. The summed E-state index contributed by atoms with van der Waals surface area (Å²) in [5.74, 6) is 2.01. The molecule has 0 aliphatic carbocycles. The summed E-state index contributed by atoms with van der Waals surface area (Å²) in [6.07, 6.45) is 0. The number of para-hydroxylation sites is 2. The minimum atomic E-state index is -0.513. The average Bonchev–Trinajstić information content (AvgIpc) is 1.39. The number of hydrogen-bond acceptors (Lipinski definition) is 12. The van der Waals surface area contributed by atoms with Gasteiger partial charge in [0.15, 0.2) is 52.4 Å². The summed E-state index contributed by atoms with van der Waals surface area (Å²) in [7, 11) is 0. The van der Waals surface area contributed by atoms with Gasteiger partial charge < -0.3 is 8.83 Å².